The Kier molecular flexibility index (Phi) is 6.89. The Bertz CT molecular complexity index is 2860. The van der Waals surface area contributed by atoms with Gasteiger partial charge in [-0.1, -0.05) is 159 Å². The van der Waals surface area contributed by atoms with Crippen molar-refractivity contribution in [2.24, 2.45) is 5.92 Å². The highest BCUT2D eigenvalue weighted by Crippen LogP contribution is 2.46. The Labute approximate surface area is 296 Å². The minimum Gasteiger partial charge on any atom is -0.456 e. The third kappa shape index (κ3) is 4.79. The van der Waals surface area contributed by atoms with Gasteiger partial charge in [0.25, 0.3) is 0 Å². The van der Waals surface area contributed by atoms with Gasteiger partial charge in [-0.05, 0) is 84.9 Å². The minimum absolute atomic E-state index is 0.202. The van der Waals surface area contributed by atoms with Crippen molar-refractivity contribution in [3.8, 4) is 22.3 Å². The molecule has 0 spiro atoms. The summed E-state index contributed by atoms with van der Waals surface area (Å²) in [6.07, 6.45) is 4.70. The van der Waals surface area contributed by atoms with E-state index >= 15 is 0 Å². The predicted molar refractivity (Wildman–Crippen MR) is 216 cm³/mol. The van der Waals surface area contributed by atoms with Crippen molar-refractivity contribution in [3.63, 3.8) is 0 Å². The molecule has 1 heterocycles. The molecule has 1 aliphatic rings. The lowest BCUT2D eigenvalue weighted by Crippen LogP contribution is -2.28. The van der Waals surface area contributed by atoms with Crippen molar-refractivity contribution in [2.75, 3.05) is 5.32 Å². The first-order valence-corrected chi connectivity index (χ1v) is 17.8. The van der Waals surface area contributed by atoms with Gasteiger partial charge in [-0.2, -0.15) is 0 Å². The van der Waals surface area contributed by atoms with Crippen LogP contribution in [0.3, 0.4) is 0 Å². The topological polar surface area (TPSA) is 25.2 Å². The molecule has 0 radical (unpaired) electrons. The Balaban J connectivity index is 1.13. The van der Waals surface area contributed by atoms with Gasteiger partial charge in [0.2, 0.25) is 0 Å². The zero-order valence-corrected chi connectivity index (χ0v) is 28.3. The van der Waals surface area contributed by atoms with Crippen LogP contribution in [0.1, 0.15) is 18.4 Å². The van der Waals surface area contributed by atoms with E-state index in [4.69, 9.17) is 4.42 Å². The van der Waals surface area contributed by atoms with E-state index in [1.807, 2.05) is 6.07 Å². The molecule has 0 aliphatic heterocycles. The summed E-state index contributed by atoms with van der Waals surface area (Å²) in [4.78, 5) is 0. The molecule has 10 rings (SSSR count). The van der Waals surface area contributed by atoms with Crippen molar-refractivity contribution in [1.82, 2.24) is 0 Å². The number of benzene rings is 8. The fourth-order valence-electron chi connectivity index (χ4n) is 8.43. The van der Waals surface area contributed by atoms with Gasteiger partial charge in [0.15, 0.2) is 0 Å². The van der Waals surface area contributed by atoms with Crippen LogP contribution in [-0.4, -0.2) is 0 Å². The minimum atomic E-state index is 0.202. The van der Waals surface area contributed by atoms with Gasteiger partial charge in [-0.15, -0.1) is 0 Å². The van der Waals surface area contributed by atoms with Gasteiger partial charge < -0.3 is 9.73 Å². The van der Waals surface area contributed by atoms with E-state index in [2.05, 4.69) is 182 Å². The Hall–Kier alpha value is -6.38. The number of fused-ring (bicyclic) bond motifs is 6. The van der Waals surface area contributed by atoms with Crippen molar-refractivity contribution in [3.05, 3.63) is 180 Å². The second kappa shape index (κ2) is 11.9. The van der Waals surface area contributed by atoms with Crippen molar-refractivity contribution in [1.29, 1.82) is 0 Å². The maximum absolute atomic E-state index is 6.25. The number of hydrogen-bond donors (Lipinski definition) is 1. The average molecular weight is 654 g/mol. The lowest BCUT2D eigenvalue weighted by molar-refractivity contribution is 0.558. The van der Waals surface area contributed by atoms with Gasteiger partial charge >= 0.3 is 0 Å². The Morgan fingerprint density at radius 2 is 1.02 bits per heavy atom. The van der Waals surface area contributed by atoms with E-state index in [-0.39, 0.29) is 11.8 Å². The zero-order valence-electron chi connectivity index (χ0n) is 28.3. The molecule has 1 N–H and O–H groups in total. The molecule has 0 saturated heterocycles. The molecule has 1 aliphatic carbocycles. The molecule has 2 atom stereocenters. The highest BCUT2D eigenvalue weighted by Gasteiger charge is 2.24. The van der Waals surface area contributed by atoms with Crippen LogP contribution in [0.2, 0.25) is 0 Å². The third-order valence-corrected chi connectivity index (χ3v) is 10.8. The van der Waals surface area contributed by atoms with Gasteiger partial charge in [-0.25, -0.2) is 0 Å². The average Bonchev–Trinajstić information content (AvgIpc) is 3.54. The normalized spacial score (nSPS) is 15.5. The summed E-state index contributed by atoms with van der Waals surface area (Å²) in [7, 11) is 0. The number of nitrogens with one attached hydrogen (secondary N) is 1. The molecule has 2 unspecified atom stereocenters. The standard InChI is InChI=1S/C49H35NO/c1-31-29-47-43(36-20-12-14-26-46(36)51-47)30-42(31)35-19-11-13-25-44(35)50-45-28-27-41(33-17-5-6-18-34(33)45)49-39-23-9-7-21-37(39)48(32-15-3-2-4-16-32)38-22-8-10-24-40(38)49/h2-31,42,50H,1H3. The monoisotopic (exact) mass is 653 g/mol. The first-order valence-electron chi connectivity index (χ1n) is 17.8. The summed E-state index contributed by atoms with van der Waals surface area (Å²) in [6, 6.07) is 59.1. The quantitative estimate of drug-likeness (QED) is 0.187. The molecule has 0 amide bonds. The Morgan fingerprint density at radius 1 is 0.451 bits per heavy atom. The number of hydrogen-bond acceptors (Lipinski definition) is 2. The molecule has 242 valence electrons. The lowest BCUT2D eigenvalue weighted by atomic mass is 9.82. The molecule has 1 aromatic heterocycles. The molecule has 2 nitrogen and oxygen atoms in total. The van der Waals surface area contributed by atoms with Crippen LogP contribution in [-0.2, 0) is 0 Å². The van der Waals surface area contributed by atoms with E-state index in [0.717, 1.165) is 22.4 Å². The van der Waals surface area contributed by atoms with Crippen LogP contribution in [0.15, 0.2) is 168 Å². The smallest absolute Gasteiger partial charge is 0.135 e. The second-order valence-electron chi connectivity index (χ2n) is 13.7. The van der Waals surface area contributed by atoms with E-state index < -0.39 is 0 Å². The first kappa shape index (κ1) is 29.5. The summed E-state index contributed by atoms with van der Waals surface area (Å²) >= 11 is 0. The summed E-state index contributed by atoms with van der Waals surface area (Å²) in [5.41, 5.74) is 10.4. The van der Waals surface area contributed by atoms with Crippen LogP contribution in [0.5, 0.6) is 0 Å². The molecule has 0 bridgehead atoms. The van der Waals surface area contributed by atoms with Crippen LogP contribution < -0.4 is 16.0 Å². The van der Waals surface area contributed by atoms with Crippen molar-refractivity contribution >= 4 is 66.8 Å². The SMILES string of the molecule is CC1C=c2oc3ccccc3c2=CC1c1ccccc1Nc1ccc(-c2c3ccccc3c(-c3ccccc3)c3ccccc23)c2ccccc12. The fraction of sp³-hybridized carbons (Fsp3) is 0.0612. The molecule has 51 heavy (non-hydrogen) atoms. The van der Waals surface area contributed by atoms with E-state index in [1.54, 1.807) is 0 Å². The van der Waals surface area contributed by atoms with Gasteiger partial charge in [-0.3, -0.25) is 0 Å². The summed E-state index contributed by atoms with van der Waals surface area (Å²) in [5, 5.41) is 13.7. The molecule has 9 aromatic rings. The van der Waals surface area contributed by atoms with Crippen LogP contribution in [0.25, 0.3) is 77.7 Å². The van der Waals surface area contributed by atoms with E-state index in [0.29, 0.717) is 0 Å². The largest absolute Gasteiger partial charge is 0.456 e. The summed E-state index contributed by atoms with van der Waals surface area (Å²) in [5.74, 6) is 0.481. The van der Waals surface area contributed by atoms with Crippen molar-refractivity contribution in [2.45, 2.75) is 12.8 Å². The molecule has 0 fully saturated rings. The Morgan fingerprint density at radius 3 is 1.75 bits per heavy atom. The van der Waals surface area contributed by atoms with Crippen LogP contribution >= 0.6 is 0 Å². The fourth-order valence-corrected chi connectivity index (χ4v) is 8.43. The number of furan rings is 1. The molecule has 2 heteroatoms. The summed E-state index contributed by atoms with van der Waals surface area (Å²) in [6.45, 7) is 2.29. The lowest BCUT2D eigenvalue weighted by Gasteiger charge is -2.24. The van der Waals surface area contributed by atoms with E-state index in [1.165, 1.54) is 70.7 Å². The molecule has 0 saturated carbocycles. The summed E-state index contributed by atoms with van der Waals surface area (Å²) < 4.78 is 6.25. The number of anilines is 2. The number of rotatable bonds is 5. The molecular weight excluding hydrogens is 619 g/mol. The van der Waals surface area contributed by atoms with Crippen LogP contribution in [0.4, 0.5) is 11.4 Å². The zero-order chi connectivity index (χ0) is 33.9. The maximum atomic E-state index is 6.25. The van der Waals surface area contributed by atoms with Crippen molar-refractivity contribution < 1.29 is 4.42 Å². The second-order valence-corrected chi connectivity index (χ2v) is 13.7. The van der Waals surface area contributed by atoms with Gasteiger partial charge in [0, 0.05) is 33.3 Å². The van der Waals surface area contributed by atoms with Gasteiger partial charge in [0.05, 0.1) is 0 Å². The highest BCUT2D eigenvalue weighted by molar-refractivity contribution is 6.24. The first-order chi connectivity index (χ1) is 25.2. The number of para-hydroxylation sites is 2. The van der Waals surface area contributed by atoms with Crippen LogP contribution in [0, 0.1) is 5.92 Å². The molecule has 8 aromatic carbocycles. The van der Waals surface area contributed by atoms with Gasteiger partial charge in [0.1, 0.15) is 11.0 Å². The maximum Gasteiger partial charge on any atom is 0.135 e. The predicted octanol–water partition coefficient (Wildman–Crippen LogP) is 12.0. The molecular formula is C49H35NO. The highest BCUT2D eigenvalue weighted by atomic mass is 16.3. The third-order valence-electron chi connectivity index (χ3n) is 10.8. The van der Waals surface area contributed by atoms with E-state index in [9.17, 15) is 0 Å².